The molecule has 5 aromatic rings. The van der Waals surface area contributed by atoms with E-state index in [-0.39, 0.29) is 23.8 Å². The van der Waals surface area contributed by atoms with Crippen molar-refractivity contribution >= 4 is 33.9 Å². The van der Waals surface area contributed by atoms with E-state index >= 15 is 0 Å². The van der Waals surface area contributed by atoms with Crippen molar-refractivity contribution in [3.05, 3.63) is 76.3 Å². The number of carbonyl (C=O) groups is 2. The van der Waals surface area contributed by atoms with Crippen LogP contribution in [-0.4, -0.2) is 65.8 Å². The number of H-pyrrole nitrogens is 1. The highest BCUT2D eigenvalue weighted by Crippen LogP contribution is 2.35. The Balaban J connectivity index is 1.01. The topological polar surface area (TPSA) is 138 Å². The molecular weight excluding hydrogens is 558 g/mol. The van der Waals surface area contributed by atoms with Crippen LogP contribution in [0.4, 0.5) is 0 Å². The second-order valence-corrected chi connectivity index (χ2v) is 11.9. The van der Waals surface area contributed by atoms with Gasteiger partial charge in [-0.05, 0) is 93.0 Å². The van der Waals surface area contributed by atoms with Gasteiger partial charge in [-0.2, -0.15) is 0 Å². The Morgan fingerprint density at radius 2 is 1.82 bits per heavy atom. The van der Waals surface area contributed by atoms with Gasteiger partial charge in [-0.3, -0.25) is 24.0 Å². The predicted octanol–water partition coefficient (Wildman–Crippen LogP) is 3.77. The maximum Gasteiger partial charge on any atom is 0.329 e. The number of piperidine rings is 2. The van der Waals surface area contributed by atoms with Gasteiger partial charge in [-0.1, -0.05) is 24.3 Å². The fourth-order valence-corrected chi connectivity index (χ4v) is 7.01. The lowest BCUT2D eigenvalue weighted by molar-refractivity contribution is -0.135. The van der Waals surface area contributed by atoms with Crippen LogP contribution in [0.25, 0.3) is 33.3 Å². The van der Waals surface area contributed by atoms with Crippen molar-refractivity contribution in [1.82, 2.24) is 34.5 Å². The molecule has 226 valence electrons. The van der Waals surface area contributed by atoms with Crippen molar-refractivity contribution in [2.45, 2.75) is 50.5 Å². The summed E-state index contributed by atoms with van der Waals surface area (Å²) in [5, 5.41) is 22.4. The van der Waals surface area contributed by atoms with Crippen LogP contribution in [0.2, 0.25) is 0 Å². The maximum atomic E-state index is 13.2. The van der Waals surface area contributed by atoms with E-state index in [1.54, 1.807) is 28.3 Å². The van der Waals surface area contributed by atoms with Crippen LogP contribution in [-0.2, 0) is 23.1 Å². The van der Waals surface area contributed by atoms with E-state index < -0.39 is 11.9 Å². The van der Waals surface area contributed by atoms with Crippen LogP contribution in [0.15, 0.2) is 59.5 Å². The summed E-state index contributed by atoms with van der Waals surface area (Å²) in [7, 11) is 1.75. The molecule has 2 aliphatic heterocycles. The first-order valence-corrected chi connectivity index (χ1v) is 15.3. The van der Waals surface area contributed by atoms with Crippen molar-refractivity contribution in [2.24, 2.45) is 7.05 Å². The smallest absolute Gasteiger partial charge is 0.329 e. The summed E-state index contributed by atoms with van der Waals surface area (Å²) in [6.45, 7) is 2.95. The zero-order valence-electron chi connectivity index (χ0n) is 24.6. The summed E-state index contributed by atoms with van der Waals surface area (Å²) in [5.41, 5.74) is 5.78. The third-order valence-electron chi connectivity index (χ3n) is 9.31. The Hall–Kier alpha value is -4.77. The van der Waals surface area contributed by atoms with Crippen LogP contribution < -0.4 is 11.0 Å². The van der Waals surface area contributed by atoms with Crippen molar-refractivity contribution in [2.75, 3.05) is 19.6 Å². The summed E-state index contributed by atoms with van der Waals surface area (Å²) in [5.74, 6) is -0.104. The van der Waals surface area contributed by atoms with E-state index in [0.29, 0.717) is 23.6 Å². The van der Waals surface area contributed by atoms with E-state index in [2.05, 4.69) is 37.7 Å². The molecule has 5 heterocycles. The van der Waals surface area contributed by atoms with E-state index in [0.717, 1.165) is 72.9 Å². The average Bonchev–Trinajstić information content (AvgIpc) is 3.56. The lowest BCUT2D eigenvalue weighted by Crippen LogP contribution is -2.44. The number of hydrogen-bond donors (Lipinski definition) is 3. The molecule has 3 N–H and O–H groups in total. The number of nitrogens with one attached hydrogen (secondary N) is 2. The molecule has 11 nitrogen and oxygen atoms in total. The molecule has 2 saturated heterocycles. The second-order valence-electron chi connectivity index (χ2n) is 11.9. The van der Waals surface area contributed by atoms with Gasteiger partial charge in [0.15, 0.2) is 5.65 Å². The zero-order valence-corrected chi connectivity index (χ0v) is 24.6. The molecule has 0 radical (unpaired) electrons. The van der Waals surface area contributed by atoms with E-state index in [1.165, 1.54) is 5.56 Å². The van der Waals surface area contributed by atoms with Gasteiger partial charge in [0.2, 0.25) is 11.8 Å². The predicted molar refractivity (Wildman–Crippen MR) is 166 cm³/mol. The zero-order chi connectivity index (χ0) is 30.4. The number of imidazole rings is 1. The number of aromatic amines is 1. The minimum Gasteiger partial charge on any atom is -0.507 e. The molecule has 2 fully saturated rings. The number of nitrogens with zero attached hydrogens (tertiary/aromatic N) is 5. The van der Waals surface area contributed by atoms with Crippen LogP contribution in [0.3, 0.4) is 0 Å². The first-order chi connectivity index (χ1) is 21.4. The highest BCUT2D eigenvalue weighted by atomic mass is 16.3. The third-order valence-corrected chi connectivity index (χ3v) is 9.31. The number of aromatic hydroxyl groups is 1. The Morgan fingerprint density at radius 1 is 1.00 bits per heavy atom. The van der Waals surface area contributed by atoms with E-state index in [4.69, 9.17) is 0 Å². The lowest BCUT2D eigenvalue weighted by atomic mass is 9.89. The van der Waals surface area contributed by atoms with Gasteiger partial charge < -0.3 is 15.0 Å². The summed E-state index contributed by atoms with van der Waals surface area (Å²) in [4.78, 5) is 43.3. The first-order valence-electron chi connectivity index (χ1n) is 15.3. The fourth-order valence-electron chi connectivity index (χ4n) is 7.01. The minimum absolute atomic E-state index is 0.192. The number of phenolic OH excluding ortho intramolecular Hbond substituents is 1. The largest absolute Gasteiger partial charge is 0.507 e. The van der Waals surface area contributed by atoms with Gasteiger partial charge in [0.25, 0.3) is 0 Å². The molecule has 2 amide bonds. The Kier molecular flexibility index (Phi) is 7.25. The Bertz CT molecular complexity index is 1950. The molecule has 11 heteroatoms. The van der Waals surface area contributed by atoms with Crippen LogP contribution in [0.5, 0.6) is 5.75 Å². The molecule has 2 aliphatic rings. The summed E-state index contributed by atoms with van der Waals surface area (Å²) < 4.78 is 3.18. The standard InChI is InChI=1S/C33H35N7O4/c1-38-30-21(6-4-9-26(30)40(33(38)44)27-11-12-29(42)35-32(27)43)7-5-15-39-16-13-20(14-17-39)24-19-34-31-23(24)18-25(36-37-31)22-8-2-3-10-28(22)41/h2-4,6,8-10,18-20,27,41H,5,7,11-17H2,1H3,(H,34,37)(H,35,42,43). The number of likely N-dealkylation sites (tertiary alicyclic amines) is 1. The number of aryl methyl sites for hydroxylation is 2. The van der Waals surface area contributed by atoms with Crippen LogP contribution >= 0.6 is 0 Å². The molecule has 0 bridgehead atoms. The summed E-state index contributed by atoms with van der Waals surface area (Å²) in [6.07, 6.45) is 6.46. The number of amides is 2. The quantitative estimate of drug-likeness (QED) is 0.244. The normalized spacial score (nSPS) is 18.3. The number of fused-ring (bicyclic) bond motifs is 2. The number of carbonyl (C=O) groups excluding carboxylic acids is 2. The van der Waals surface area contributed by atoms with Gasteiger partial charge in [-0.25, -0.2) is 4.79 Å². The Morgan fingerprint density at radius 3 is 2.61 bits per heavy atom. The van der Waals surface area contributed by atoms with Crippen LogP contribution in [0, 0.1) is 0 Å². The average molecular weight is 594 g/mol. The van der Waals surface area contributed by atoms with Gasteiger partial charge in [0, 0.05) is 30.6 Å². The molecule has 0 aliphatic carbocycles. The van der Waals surface area contributed by atoms with Gasteiger partial charge in [0.1, 0.15) is 11.8 Å². The maximum absolute atomic E-state index is 13.2. The highest BCUT2D eigenvalue weighted by molar-refractivity contribution is 6.00. The summed E-state index contributed by atoms with van der Waals surface area (Å²) in [6, 6.07) is 14.4. The number of rotatable bonds is 7. The van der Waals surface area contributed by atoms with Crippen molar-refractivity contribution in [3.8, 4) is 17.0 Å². The number of aromatic nitrogens is 5. The number of para-hydroxylation sites is 2. The van der Waals surface area contributed by atoms with Crippen molar-refractivity contribution < 1.29 is 14.7 Å². The molecule has 1 atom stereocenters. The molecule has 2 aromatic carbocycles. The number of hydrogen-bond acceptors (Lipinski definition) is 7. The van der Waals surface area contributed by atoms with Gasteiger partial charge in [-0.15, -0.1) is 10.2 Å². The first kappa shape index (κ1) is 28.0. The number of imide groups is 1. The van der Waals surface area contributed by atoms with Gasteiger partial charge >= 0.3 is 5.69 Å². The van der Waals surface area contributed by atoms with Crippen LogP contribution in [0.1, 0.15) is 55.2 Å². The highest BCUT2D eigenvalue weighted by Gasteiger charge is 2.31. The van der Waals surface area contributed by atoms with Crippen molar-refractivity contribution in [1.29, 1.82) is 0 Å². The Labute approximate surface area is 253 Å². The fraction of sp³-hybridized carbons (Fsp3) is 0.364. The second kappa shape index (κ2) is 11.4. The van der Waals surface area contributed by atoms with E-state index in [1.807, 2.05) is 30.3 Å². The van der Waals surface area contributed by atoms with Gasteiger partial charge in [0.05, 0.1) is 16.7 Å². The third kappa shape index (κ3) is 4.96. The molecule has 1 unspecified atom stereocenters. The molecule has 0 spiro atoms. The molecule has 0 saturated carbocycles. The molecule has 44 heavy (non-hydrogen) atoms. The molecular formula is C33H35N7O4. The lowest BCUT2D eigenvalue weighted by Gasteiger charge is -2.32. The minimum atomic E-state index is -0.679. The SMILES string of the molecule is Cn1c(=O)n(C2CCC(=O)NC2=O)c2cccc(CCCN3CCC(c4c[nH]c5nnc(-c6ccccc6O)cc45)CC3)c21. The monoisotopic (exact) mass is 593 g/mol. The van der Waals surface area contributed by atoms with E-state index in [9.17, 15) is 19.5 Å². The van der Waals surface area contributed by atoms with Crippen molar-refractivity contribution in [3.63, 3.8) is 0 Å². The molecule has 7 rings (SSSR count). The number of phenols is 1. The number of benzene rings is 2. The summed E-state index contributed by atoms with van der Waals surface area (Å²) >= 11 is 0. The molecule has 3 aromatic heterocycles.